The van der Waals surface area contributed by atoms with E-state index in [1.165, 1.54) is 0 Å². The van der Waals surface area contributed by atoms with Crippen LogP contribution in [-0.4, -0.2) is 33.4 Å². The van der Waals surface area contributed by atoms with Gasteiger partial charge in [0, 0.05) is 41.4 Å². The highest BCUT2D eigenvalue weighted by atomic mass is 79.9. The molecule has 5 nitrogen and oxygen atoms in total. The van der Waals surface area contributed by atoms with E-state index in [0.717, 1.165) is 32.0 Å². The third-order valence-electron chi connectivity index (χ3n) is 5.32. The number of carbonyl (C=O) groups excluding carboxylic acids is 1. The van der Waals surface area contributed by atoms with Gasteiger partial charge in [0.25, 0.3) is 0 Å². The second kappa shape index (κ2) is 8.59. The maximum Gasteiger partial charge on any atom is 0.220 e. The zero-order chi connectivity index (χ0) is 20.4. The van der Waals surface area contributed by atoms with Crippen molar-refractivity contribution in [3.63, 3.8) is 0 Å². The van der Waals surface area contributed by atoms with E-state index < -0.39 is 0 Å². The summed E-state index contributed by atoms with van der Waals surface area (Å²) in [6, 6.07) is 14.1. The highest BCUT2D eigenvalue weighted by molar-refractivity contribution is 9.10. The van der Waals surface area contributed by atoms with Gasteiger partial charge in [-0.3, -0.25) is 4.79 Å². The molecular weight excluding hydrogens is 452 g/mol. The van der Waals surface area contributed by atoms with Gasteiger partial charge in [-0.2, -0.15) is 0 Å². The lowest BCUT2D eigenvalue weighted by atomic mass is 10.0. The lowest BCUT2D eigenvalue weighted by Gasteiger charge is -2.32. The Morgan fingerprint density at radius 1 is 1.31 bits per heavy atom. The third kappa shape index (κ3) is 4.49. The molecule has 29 heavy (non-hydrogen) atoms. The van der Waals surface area contributed by atoms with Crippen LogP contribution >= 0.6 is 27.5 Å². The average molecular weight is 474 g/mol. The Balaban J connectivity index is 1.72. The fraction of sp³-hybridized carbons (Fsp3) is 0.273. The molecule has 150 valence electrons. The van der Waals surface area contributed by atoms with Gasteiger partial charge in [-0.25, -0.2) is 4.98 Å². The number of amides is 1. The number of benzene rings is 2. The number of aromatic amines is 1. The smallest absolute Gasteiger partial charge is 0.220 e. The fourth-order valence-electron chi connectivity index (χ4n) is 3.94. The molecule has 1 aliphatic heterocycles. The molecule has 1 aliphatic rings. The number of hydrogen-bond acceptors (Lipinski definition) is 3. The standard InChI is InChI=1S/C22H22BrClN4O/c1-15(29)28-11-17-8-18(23)6-7-22(17)27(12-19-10-25-14-26-19)13-20(28)9-16-4-2-3-5-21(16)24/h2-8,10,14,20H,9,11-13H2,1H3,(H,25,26). The molecule has 1 amide bonds. The van der Waals surface area contributed by atoms with Crippen molar-refractivity contribution in [3.05, 3.63) is 81.3 Å². The molecule has 4 rings (SSSR count). The van der Waals surface area contributed by atoms with Crippen LogP contribution in [-0.2, 0) is 24.3 Å². The number of aromatic nitrogens is 2. The number of imidazole rings is 1. The summed E-state index contributed by atoms with van der Waals surface area (Å²) in [5.41, 5.74) is 4.26. The molecule has 0 spiro atoms. The van der Waals surface area contributed by atoms with Gasteiger partial charge in [0.15, 0.2) is 0 Å². The summed E-state index contributed by atoms with van der Waals surface area (Å²) in [5, 5.41) is 0.736. The zero-order valence-electron chi connectivity index (χ0n) is 16.1. The summed E-state index contributed by atoms with van der Waals surface area (Å²) >= 11 is 10.0. The first-order chi connectivity index (χ1) is 14.0. The number of carbonyl (C=O) groups is 1. The quantitative estimate of drug-likeness (QED) is 0.592. The molecule has 1 atom stereocenters. The topological polar surface area (TPSA) is 52.2 Å². The van der Waals surface area contributed by atoms with Crippen molar-refractivity contribution in [1.82, 2.24) is 14.9 Å². The fourth-order valence-corrected chi connectivity index (χ4v) is 4.56. The van der Waals surface area contributed by atoms with Crippen LogP contribution in [0, 0.1) is 0 Å². The Morgan fingerprint density at radius 2 is 2.14 bits per heavy atom. The predicted octanol–water partition coefficient (Wildman–Crippen LogP) is 4.81. The Morgan fingerprint density at radius 3 is 2.86 bits per heavy atom. The Bertz CT molecular complexity index is 1010. The van der Waals surface area contributed by atoms with Gasteiger partial charge in [0.05, 0.1) is 24.6 Å². The Hall–Kier alpha value is -2.31. The number of H-pyrrole nitrogens is 1. The lowest BCUT2D eigenvalue weighted by Crippen LogP contribution is -2.45. The number of anilines is 1. The van der Waals surface area contributed by atoms with Crippen LogP contribution in [0.25, 0.3) is 0 Å². The van der Waals surface area contributed by atoms with Gasteiger partial charge in [0.2, 0.25) is 5.91 Å². The predicted molar refractivity (Wildman–Crippen MR) is 119 cm³/mol. The highest BCUT2D eigenvalue weighted by Gasteiger charge is 2.30. The van der Waals surface area contributed by atoms with Crippen molar-refractivity contribution in [3.8, 4) is 0 Å². The van der Waals surface area contributed by atoms with Crippen molar-refractivity contribution in [2.45, 2.75) is 32.5 Å². The number of halogens is 2. The second-order valence-corrected chi connectivity index (χ2v) is 8.63. The summed E-state index contributed by atoms with van der Waals surface area (Å²) in [5.74, 6) is 0.0644. The monoisotopic (exact) mass is 472 g/mol. The van der Waals surface area contributed by atoms with Gasteiger partial charge < -0.3 is 14.8 Å². The molecule has 1 aromatic heterocycles. The molecule has 2 heterocycles. The molecule has 0 aliphatic carbocycles. The van der Waals surface area contributed by atoms with E-state index in [1.807, 2.05) is 41.4 Å². The van der Waals surface area contributed by atoms with E-state index in [2.05, 4.69) is 42.9 Å². The summed E-state index contributed by atoms with van der Waals surface area (Å²) < 4.78 is 1.00. The normalized spacial score (nSPS) is 16.4. The first kappa shape index (κ1) is 20.0. The minimum atomic E-state index is -0.00230. The molecule has 3 aromatic rings. The number of fused-ring (bicyclic) bond motifs is 1. The van der Waals surface area contributed by atoms with Gasteiger partial charge in [-0.15, -0.1) is 0 Å². The highest BCUT2D eigenvalue weighted by Crippen LogP contribution is 2.32. The van der Waals surface area contributed by atoms with Crippen LogP contribution in [0.1, 0.15) is 23.7 Å². The van der Waals surface area contributed by atoms with Crippen LogP contribution in [0.5, 0.6) is 0 Å². The number of rotatable bonds is 4. The first-order valence-corrected chi connectivity index (χ1v) is 10.7. The first-order valence-electron chi connectivity index (χ1n) is 9.53. The molecule has 1 N–H and O–H groups in total. The van der Waals surface area contributed by atoms with Crippen molar-refractivity contribution in [2.24, 2.45) is 0 Å². The van der Waals surface area contributed by atoms with E-state index >= 15 is 0 Å². The second-order valence-electron chi connectivity index (χ2n) is 7.31. The van der Waals surface area contributed by atoms with Crippen LogP contribution in [0.4, 0.5) is 5.69 Å². The number of nitrogens with zero attached hydrogens (tertiary/aromatic N) is 3. The van der Waals surface area contributed by atoms with Crippen LogP contribution in [0.15, 0.2) is 59.5 Å². The van der Waals surface area contributed by atoms with E-state index in [0.29, 0.717) is 26.1 Å². The van der Waals surface area contributed by atoms with Crippen molar-refractivity contribution in [2.75, 3.05) is 11.4 Å². The molecule has 0 bridgehead atoms. The molecular formula is C22H22BrClN4O. The Kier molecular flexibility index (Phi) is 5.92. The van der Waals surface area contributed by atoms with Crippen LogP contribution in [0.3, 0.4) is 0 Å². The van der Waals surface area contributed by atoms with Gasteiger partial charge in [-0.1, -0.05) is 45.7 Å². The zero-order valence-corrected chi connectivity index (χ0v) is 18.4. The van der Waals surface area contributed by atoms with E-state index in [9.17, 15) is 4.79 Å². The molecule has 1 unspecified atom stereocenters. The maximum absolute atomic E-state index is 12.6. The van der Waals surface area contributed by atoms with E-state index in [-0.39, 0.29) is 11.9 Å². The summed E-state index contributed by atoms with van der Waals surface area (Å²) in [6.07, 6.45) is 4.31. The van der Waals surface area contributed by atoms with E-state index in [4.69, 9.17) is 11.6 Å². The van der Waals surface area contributed by atoms with Crippen LogP contribution < -0.4 is 4.90 Å². The summed E-state index contributed by atoms with van der Waals surface area (Å²) in [6.45, 7) is 3.58. The SMILES string of the molecule is CC(=O)N1Cc2cc(Br)ccc2N(Cc2c[nH]cn2)CC1Cc1ccccc1Cl. The number of nitrogens with one attached hydrogen (secondary N) is 1. The lowest BCUT2D eigenvalue weighted by molar-refractivity contribution is -0.131. The average Bonchev–Trinajstić information content (AvgIpc) is 3.14. The summed E-state index contributed by atoms with van der Waals surface area (Å²) in [4.78, 5) is 24.3. The van der Waals surface area contributed by atoms with Crippen molar-refractivity contribution >= 4 is 39.1 Å². The Labute approximate surface area is 183 Å². The van der Waals surface area contributed by atoms with Gasteiger partial charge in [0.1, 0.15) is 0 Å². The van der Waals surface area contributed by atoms with Crippen molar-refractivity contribution in [1.29, 1.82) is 0 Å². The molecule has 0 radical (unpaired) electrons. The molecule has 7 heteroatoms. The van der Waals surface area contributed by atoms with Gasteiger partial charge in [-0.05, 0) is 41.8 Å². The minimum absolute atomic E-state index is 0.00230. The molecule has 2 aromatic carbocycles. The number of hydrogen-bond donors (Lipinski definition) is 1. The molecule has 0 saturated carbocycles. The van der Waals surface area contributed by atoms with E-state index in [1.54, 1.807) is 13.3 Å². The van der Waals surface area contributed by atoms with Crippen LogP contribution in [0.2, 0.25) is 5.02 Å². The molecule has 0 fully saturated rings. The van der Waals surface area contributed by atoms with Crippen molar-refractivity contribution < 1.29 is 4.79 Å². The largest absolute Gasteiger partial charge is 0.363 e. The summed E-state index contributed by atoms with van der Waals surface area (Å²) in [7, 11) is 0. The molecule has 0 saturated heterocycles. The van der Waals surface area contributed by atoms with Gasteiger partial charge >= 0.3 is 0 Å². The third-order valence-corrected chi connectivity index (χ3v) is 6.18. The maximum atomic E-state index is 12.6. The minimum Gasteiger partial charge on any atom is -0.363 e.